The number of hydrogen-bond acceptors (Lipinski definition) is 4. The highest BCUT2D eigenvalue weighted by Gasteiger charge is 2.42. The van der Waals surface area contributed by atoms with Crippen LogP contribution in [-0.2, 0) is 16.1 Å². The minimum absolute atomic E-state index is 0.0941. The van der Waals surface area contributed by atoms with Gasteiger partial charge in [-0.15, -0.1) is 0 Å². The molecular weight excluding hydrogens is 330 g/mol. The van der Waals surface area contributed by atoms with Crippen LogP contribution in [0.2, 0.25) is 0 Å². The van der Waals surface area contributed by atoms with Crippen LogP contribution in [0, 0.1) is 0 Å². The van der Waals surface area contributed by atoms with Gasteiger partial charge in [-0.3, -0.25) is 24.6 Å². The fourth-order valence-corrected chi connectivity index (χ4v) is 4.22. The number of benzene rings is 1. The first-order chi connectivity index (χ1) is 12.3. The number of hydrogen-bond donors (Lipinski definition) is 1. The van der Waals surface area contributed by atoms with Gasteiger partial charge in [-0.25, -0.2) is 0 Å². The molecule has 3 amide bonds. The lowest BCUT2D eigenvalue weighted by Crippen LogP contribution is -2.54. The highest BCUT2D eigenvalue weighted by molar-refractivity contribution is 6.05. The average molecular weight is 355 g/mol. The van der Waals surface area contributed by atoms with Gasteiger partial charge in [0, 0.05) is 43.1 Å². The van der Waals surface area contributed by atoms with Crippen LogP contribution in [0.25, 0.3) is 0 Å². The third-order valence-corrected chi connectivity index (χ3v) is 5.89. The largest absolute Gasteiger partial charge is 0.322 e. The molecule has 1 N–H and O–H groups in total. The fourth-order valence-electron chi connectivity index (χ4n) is 4.22. The van der Waals surface area contributed by atoms with E-state index in [1.165, 1.54) is 5.56 Å². The molecule has 2 fully saturated rings. The van der Waals surface area contributed by atoms with Crippen molar-refractivity contribution in [2.24, 2.45) is 0 Å². The van der Waals surface area contributed by atoms with Crippen molar-refractivity contribution in [2.75, 3.05) is 13.1 Å². The van der Waals surface area contributed by atoms with Gasteiger partial charge in [-0.1, -0.05) is 12.1 Å². The predicted molar refractivity (Wildman–Crippen MR) is 96.6 cm³/mol. The van der Waals surface area contributed by atoms with Gasteiger partial charge >= 0.3 is 0 Å². The van der Waals surface area contributed by atoms with Crippen LogP contribution < -0.4 is 5.32 Å². The van der Waals surface area contributed by atoms with Crippen molar-refractivity contribution in [1.29, 1.82) is 0 Å². The van der Waals surface area contributed by atoms with Gasteiger partial charge in [-0.2, -0.15) is 0 Å². The van der Waals surface area contributed by atoms with E-state index in [1.54, 1.807) is 4.90 Å². The van der Waals surface area contributed by atoms with E-state index >= 15 is 0 Å². The second-order valence-corrected chi connectivity index (χ2v) is 8.55. The van der Waals surface area contributed by atoms with Crippen LogP contribution in [0.4, 0.5) is 0 Å². The molecule has 3 aliphatic heterocycles. The van der Waals surface area contributed by atoms with Crippen molar-refractivity contribution in [3.05, 3.63) is 34.9 Å². The lowest BCUT2D eigenvalue weighted by molar-refractivity contribution is -0.136. The molecule has 26 heavy (non-hydrogen) atoms. The number of imide groups is 1. The first-order valence-electron chi connectivity index (χ1n) is 9.27. The molecule has 1 aromatic carbocycles. The second-order valence-electron chi connectivity index (χ2n) is 8.55. The Morgan fingerprint density at radius 2 is 1.85 bits per heavy atom. The SMILES string of the molecule is CC(C)(C)N1CC(c2cccc3c2CN(C2CCC(=O)NC2=O)C3=O)C1. The quantitative estimate of drug-likeness (QED) is 0.819. The normalized spacial score (nSPS) is 24.5. The minimum atomic E-state index is -0.548. The lowest BCUT2D eigenvalue weighted by Gasteiger charge is -2.48. The molecule has 3 heterocycles. The third-order valence-electron chi connectivity index (χ3n) is 5.89. The molecule has 0 saturated carbocycles. The summed E-state index contributed by atoms with van der Waals surface area (Å²) in [5.74, 6) is -0.276. The number of carbonyl (C=O) groups is 3. The zero-order valence-electron chi connectivity index (χ0n) is 15.5. The van der Waals surface area contributed by atoms with E-state index in [2.05, 4.69) is 37.1 Å². The zero-order valence-corrected chi connectivity index (χ0v) is 15.5. The van der Waals surface area contributed by atoms with Crippen molar-refractivity contribution < 1.29 is 14.4 Å². The Morgan fingerprint density at radius 3 is 2.50 bits per heavy atom. The molecule has 6 nitrogen and oxygen atoms in total. The highest BCUT2D eigenvalue weighted by atomic mass is 16.2. The van der Waals surface area contributed by atoms with Gasteiger partial charge in [0.25, 0.3) is 5.91 Å². The molecule has 3 aliphatic rings. The summed E-state index contributed by atoms with van der Waals surface area (Å²) in [7, 11) is 0. The van der Waals surface area contributed by atoms with Crippen molar-refractivity contribution in [1.82, 2.24) is 15.1 Å². The predicted octanol–water partition coefficient (Wildman–Crippen LogP) is 1.65. The van der Waals surface area contributed by atoms with E-state index in [4.69, 9.17) is 0 Å². The number of likely N-dealkylation sites (tertiary alicyclic amines) is 1. The van der Waals surface area contributed by atoms with Crippen LogP contribution in [0.15, 0.2) is 18.2 Å². The van der Waals surface area contributed by atoms with Gasteiger partial charge in [0.05, 0.1) is 0 Å². The molecule has 0 aliphatic carbocycles. The van der Waals surface area contributed by atoms with E-state index in [0.717, 1.165) is 18.7 Å². The first-order valence-corrected chi connectivity index (χ1v) is 9.27. The van der Waals surface area contributed by atoms with E-state index < -0.39 is 6.04 Å². The summed E-state index contributed by atoms with van der Waals surface area (Å²) in [6, 6.07) is 5.37. The summed E-state index contributed by atoms with van der Waals surface area (Å²) in [5.41, 5.74) is 3.15. The van der Waals surface area contributed by atoms with Gasteiger partial charge in [0.2, 0.25) is 11.8 Å². The van der Waals surface area contributed by atoms with Crippen molar-refractivity contribution in [3.8, 4) is 0 Å². The number of nitrogens with one attached hydrogen (secondary N) is 1. The Labute approximate surface area is 153 Å². The molecule has 138 valence electrons. The minimum Gasteiger partial charge on any atom is -0.322 e. The highest BCUT2D eigenvalue weighted by Crippen LogP contribution is 2.38. The monoisotopic (exact) mass is 355 g/mol. The van der Waals surface area contributed by atoms with E-state index in [-0.39, 0.29) is 29.7 Å². The molecule has 1 unspecified atom stereocenters. The van der Waals surface area contributed by atoms with Crippen LogP contribution in [0.3, 0.4) is 0 Å². The number of nitrogens with zero attached hydrogens (tertiary/aromatic N) is 2. The molecular formula is C20H25N3O3. The Kier molecular flexibility index (Phi) is 3.91. The summed E-state index contributed by atoms with van der Waals surface area (Å²) in [5, 5.41) is 2.36. The summed E-state index contributed by atoms with van der Waals surface area (Å²) in [4.78, 5) is 40.5. The Bertz CT molecular complexity index is 790. The maximum atomic E-state index is 12.9. The van der Waals surface area contributed by atoms with Crippen LogP contribution in [0.5, 0.6) is 0 Å². The van der Waals surface area contributed by atoms with Crippen LogP contribution >= 0.6 is 0 Å². The standard InChI is InChI=1S/C20H25N3O3/c1-20(2,3)22-9-12(10-22)13-5-4-6-14-15(13)11-23(19(14)26)16-7-8-17(24)21-18(16)25/h4-6,12,16H,7-11H2,1-3H3,(H,21,24,25). The van der Waals surface area contributed by atoms with E-state index in [1.807, 2.05) is 12.1 Å². The van der Waals surface area contributed by atoms with Gasteiger partial charge < -0.3 is 4.90 Å². The summed E-state index contributed by atoms with van der Waals surface area (Å²) in [6.45, 7) is 9.09. The van der Waals surface area contributed by atoms with Crippen molar-refractivity contribution in [3.63, 3.8) is 0 Å². The van der Waals surface area contributed by atoms with Crippen molar-refractivity contribution in [2.45, 2.75) is 57.7 Å². The molecule has 2 saturated heterocycles. The maximum absolute atomic E-state index is 12.9. The van der Waals surface area contributed by atoms with E-state index in [9.17, 15) is 14.4 Å². The molecule has 1 aromatic rings. The topological polar surface area (TPSA) is 69.7 Å². The first kappa shape index (κ1) is 17.2. The average Bonchev–Trinajstić information content (AvgIpc) is 2.83. The summed E-state index contributed by atoms with van der Waals surface area (Å²) < 4.78 is 0. The van der Waals surface area contributed by atoms with Gasteiger partial charge in [-0.05, 0) is 44.4 Å². The van der Waals surface area contributed by atoms with Gasteiger partial charge in [0.1, 0.15) is 6.04 Å². The smallest absolute Gasteiger partial charge is 0.255 e. The Morgan fingerprint density at radius 1 is 1.12 bits per heavy atom. The van der Waals surface area contributed by atoms with Crippen LogP contribution in [0.1, 0.15) is 61.0 Å². The fraction of sp³-hybridized carbons (Fsp3) is 0.550. The maximum Gasteiger partial charge on any atom is 0.255 e. The van der Waals surface area contributed by atoms with E-state index in [0.29, 0.717) is 24.4 Å². The Hall–Kier alpha value is -2.21. The lowest BCUT2D eigenvalue weighted by atomic mass is 9.84. The molecule has 0 spiro atoms. The number of carbonyl (C=O) groups excluding carboxylic acids is 3. The number of piperidine rings is 1. The summed E-state index contributed by atoms with van der Waals surface area (Å²) in [6.07, 6.45) is 0.688. The second kappa shape index (κ2) is 5.91. The summed E-state index contributed by atoms with van der Waals surface area (Å²) >= 11 is 0. The number of fused-ring (bicyclic) bond motifs is 1. The van der Waals surface area contributed by atoms with Crippen LogP contribution in [-0.4, -0.2) is 52.2 Å². The van der Waals surface area contributed by atoms with Gasteiger partial charge in [0.15, 0.2) is 0 Å². The zero-order chi connectivity index (χ0) is 18.6. The number of rotatable bonds is 2. The molecule has 4 rings (SSSR count). The Balaban J connectivity index is 1.56. The molecule has 6 heteroatoms. The van der Waals surface area contributed by atoms with Crippen molar-refractivity contribution >= 4 is 17.7 Å². The molecule has 0 bridgehead atoms. The molecule has 0 aromatic heterocycles. The number of amides is 3. The molecule has 1 atom stereocenters. The molecule has 0 radical (unpaired) electrons. The third kappa shape index (κ3) is 2.72.